The summed E-state index contributed by atoms with van der Waals surface area (Å²) in [6, 6.07) is 3.84. The van der Waals surface area contributed by atoms with Gasteiger partial charge in [-0.05, 0) is 23.7 Å². The first-order chi connectivity index (χ1) is 10.7. The Labute approximate surface area is 136 Å². The zero-order valence-corrected chi connectivity index (χ0v) is 12.5. The molecule has 0 aliphatic heterocycles. The summed E-state index contributed by atoms with van der Waals surface area (Å²) < 4.78 is 54.8. The fourth-order valence-corrected chi connectivity index (χ4v) is 1.94. The summed E-state index contributed by atoms with van der Waals surface area (Å²) in [6.45, 7) is 0. The summed E-state index contributed by atoms with van der Waals surface area (Å²) in [5.74, 6) is -0.577. The van der Waals surface area contributed by atoms with E-state index in [0.29, 0.717) is 0 Å². The van der Waals surface area contributed by atoms with Crippen molar-refractivity contribution in [1.29, 1.82) is 0 Å². The lowest BCUT2D eigenvalue weighted by Crippen LogP contribution is -2.21. The third-order valence-electron chi connectivity index (χ3n) is 2.47. The molecule has 0 radical (unpaired) electrons. The van der Waals surface area contributed by atoms with Crippen molar-refractivity contribution in [3.63, 3.8) is 0 Å². The first-order valence-corrected chi connectivity index (χ1v) is 6.71. The number of hydrogen-bond donors (Lipinski definition) is 0. The number of pyridine rings is 1. The van der Waals surface area contributed by atoms with E-state index in [1.165, 1.54) is 18.3 Å². The van der Waals surface area contributed by atoms with Crippen LogP contribution in [0, 0.1) is 0 Å². The van der Waals surface area contributed by atoms with Crippen molar-refractivity contribution in [1.82, 2.24) is 14.8 Å². The molecular weight excluding hydrogens is 365 g/mol. The largest absolute Gasteiger partial charge is 0.442 e. The third kappa shape index (κ3) is 4.55. The lowest BCUT2D eigenvalue weighted by molar-refractivity contribution is -0.166. The SMILES string of the molecule is O=C(Cl)c1cc(OC(F)CC(F)(F)F)nn1-c1ncccc1Cl. The normalized spacial score (nSPS) is 13.0. The molecule has 1 atom stereocenters. The van der Waals surface area contributed by atoms with E-state index in [1.807, 2.05) is 0 Å². The molecular formula is C12H7Cl2F4N3O2. The quantitative estimate of drug-likeness (QED) is 0.590. The maximum Gasteiger partial charge on any atom is 0.395 e. The Kier molecular flexibility index (Phi) is 5.10. The number of carbonyl (C=O) groups excluding carboxylic acids is 1. The minimum Gasteiger partial charge on any atom is -0.442 e. The van der Waals surface area contributed by atoms with Gasteiger partial charge in [0.25, 0.3) is 5.24 Å². The minimum absolute atomic E-state index is 0.0146. The highest BCUT2D eigenvalue weighted by Crippen LogP contribution is 2.27. The van der Waals surface area contributed by atoms with Crippen molar-refractivity contribution < 1.29 is 27.1 Å². The van der Waals surface area contributed by atoms with Crippen LogP contribution >= 0.6 is 23.2 Å². The Hall–Kier alpha value is -1.87. The van der Waals surface area contributed by atoms with Crippen LogP contribution in [0.15, 0.2) is 24.4 Å². The fraction of sp³-hybridized carbons (Fsp3) is 0.250. The van der Waals surface area contributed by atoms with Gasteiger partial charge in [0.05, 0.1) is 5.02 Å². The maximum atomic E-state index is 13.3. The molecule has 0 saturated carbocycles. The number of hydrogen-bond acceptors (Lipinski definition) is 4. The molecule has 0 saturated heterocycles. The van der Waals surface area contributed by atoms with E-state index in [1.54, 1.807) is 0 Å². The Morgan fingerprint density at radius 3 is 2.70 bits per heavy atom. The van der Waals surface area contributed by atoms with Gasteiger partial charge in [-0.25, -0.2) is 14.1 Å². The van der Waals surface area contributed by atoms with Crippen LogP contribution in [0.3, 0.4) is 0 Å². The van der Waals surface area contributed by atoms with Gasteiger partial charge in [0.15, 0.2) is 5.82 Å². The van der Waals surface area contributed by atoms with Gasteiger partial charge in [-0.1, -0.05) is 11.6 Å². The fourth-order valence-electron chi connectivity index (χ4n) is 1.61. The predicted octanol–water partition coefficient (Wildman–Crippen LogP) is 3.93. The van der Waals surface area contributed by atoms with Gasteiger partial charge >= 0.3 is 6.18 Å². The van der Waals surface area contributed by atoms with Crippen molar-refractivity contribution in [2.24, 2.45) is 0 Å². The molecule has 0 aromatic carbocycles. The molecule has 0 N–H and O–H groups in total. The number of halogens is 6. The molecule has 124 valence electrons. The molecule has 0 fully saturated rings. The van der Waals surface area contributed by atoms with E-state index in [9.17, 15) is 22.4 Å². The Bertz CT molecular complexity index is 721. The molecule has 0 amide bonds. The van der Waals surface area contributed by atoms with Crippen molar-refractivity contribution in [3.05, 3.63) is 35.1 Å². The molecule has 2 aromatic rings. The molecule has 0 bridgehead atoms. The zero-order valence-electron chi connectivity index (χ0n) is 11.0. The summed E-state index contributed by atoms with van der Waals surface area (Å²) in [5.41, 5.74) is -0.290. The van der Waals surface area contributed by atoms with Crippen LogP contribution in [-0.2, 0) is 0 Å². The second-order valence-corrected chi connectivity index (χ2v) is 4.96. The van der Waals surface area contributed by atoms with Gasteiger partial charge < -0.3 is 4.74 Å². The Morgan fingerprint density at radius 2 is 2.13 bits per heavy atom. The summed E-state index contributed by atoms with van der Waals surface area (Å²) in [5, 5.41) is 2.76. The topological polar surface area (TPSA) is 57.0 Å². The molecule has 2 aromatic heterocycles. The third-order valence-corrected chi connectivity index (χ3v) is 2.96. The highest BCUT2D eigenvalue weighted by molar-refractivity contribution is 6.67. The highest BCUT2D eigenvalue weighted by Gasteiger charge is 2.34. The molecule has 0 aliphatic rings. The minimum atomic E-state index is -4.75. The summed E-state index contributed by atoms with van der Waals surface area (Å²) in [6.07, 6.45) is -7.92. The second-order valence-electron chi connectivity index (χ2n) is 4.21. The van der Waals surface area contributed by atoms with Gasteiger partial charge in [-0.2, -0.15) is 13.2 Å². The van der Waals surface area contributed by atoms with Crippen LogP contribution < -0.4 is 4.74 Å². The van der Waals surface area contributed by atoms with Crippen LogP contribution in [0.1, 0.15) is 16.9 Å². The van der Waals surface area contributed by atoms with Crippen LogP contribution in [-0.4, -0.2) is 32.5 Å². The first kappa shape index (κ1) is 17.5. The average Bonchev–Trinajstić information content (AvgIpc) is 2.80. The predicted molar refractivity (Wildman–Crippen MR) is 72.7 cm³/mol. The van der Waals surface area contributed by atoms with Crippen molar-refractivity contribution in [3.8, 4) is 11.7 Å². The van der Waals surface area contributed by atoms with Gasteiger partial charge in [0.2, 0.25) is 12.2 Å². The van der Waals surface area contributed by atoms with Crippen molar-refractivity contribution in [2.45, 2.75) is 19.0 Å². The molecule has 23 heavy (non-hydrogen) atoms. The second kappa shape index (κ2) is 6.71. The van der Waals surface area contributed by atoms with Crippen LogP contribution in [0.4, 0.5) is 17.6 Å². The van der Waals surface area contributed by atoms with Crippen LogP contribution in [0.25, 0.3) is 5.82 Å². The van der Waals surface area contributed by atoms with E-state index < -0.39 is 30.1 Å². The van der Waals surface area contributed by atoms with Gasteiger partial charge in [-0.15, -0.1) is 5.10 Å². The zero-order chi connectivity index (χ0) is 17.2. The average molecular weight is 372 g/mol. The summed E-state index contributed by atoms with van der Waals surface area (Å²) >= 11 is 11.3. The molecule has 5 nitrogen and oxygen atoms in total. The van der Waals surface area contributed by atoms with Crippen molar-refractivity contribution in [2.75, 3.05) is 0 Å². The maximum absolute atomic E-state index is 13.3. The van der Waals surface area contributed by atoms with E-state index in [0.717, 1.165) is 10.7 Å². The monoisotopic (exact) mass is 371 g/mol. The lowest BCUT2D eigenvalue weighted by Gasteiger charge is -2.11. The number of alkyl halides is 4. The number of rotatable bonds is 5. The van der Waals surface area contributed by atoms with Crippen molar-refractivity contribution >= 4 is 28.4 Å². The van der Waals surface area contributed by atoms with E-state index in [2.05, 4.69) is 14.8 Å². The molecule has 0 aliphatic carbocycles. The van der Waals surface area contributed by atoms with Crippen LogP contribution in [0.5, 0.6) is 5.88 Å². The lowest BCUT2D eigenvalue weighted by atomic mass is 10.4. The Morgan fingerprint density at radius 1 is 1.43 bits per heavy atom. The van der Waals surface area contributed by atoms with Gasteiger partial charge in [0, 0.05) is 12.3 Å². The number of carbonyl (C=O) groups is 1. The van der Waals surface area contributed by atoms with Gasteiger partial charge in [-0.3, -0.25) is 4.79 Å². The molecule has 1 unspecified atom stereocenters. The molecule has 2 heterocycles. The molecule has 2 rings (SSSR count). The first-order valence-electron chi connectivity index (χ1n) is 5.95. The summed E-state index contributed by atoms with van der Waals surface area (Å²) in [7, 11) is 0. The Balaban J connectivity index is 2.33. The van der Waals surface area contributed by atoms with E-state index in [-0.39, 0.29) is 16.5 Å². The smallest absolute Gasteiger partial charge is 0.395 e. The summed E-state index contributed by atoms with van der Waals surface area (Å²) in [4.78, 5) is 15.3. The highest BCUT2D eigenvalue weighted by atomic mass is 35.5. The number of ether oxygens (including phenoxy) is 1. The van der Waals surface area contributed by atoms with E-state index >= 15 is 0 Å². The molecule has 0 spiro atoms. The number of aromatic nitrogens is 3. The number of nitrogens with zero attached hydrogens (tertiary/aromatic N) is 3. The standard InChI is InChI=1S/C12H7Cl2F4N3O2/c13-6-2-1-3-19-11(6)21-7(10(14)22)4-9(20-21)23-8(15)5-12(16,17)18/h1-4,8H,5H2. The van der Waals surface area contributed by atoms with E-state index in [4.69, 9.17) is 23.2 Å². The van der Waals surface area contributed by atoms with Gasteiger partial charge in [0.1, 0.15) is 12.1 Å². The van der Waals surface area contributed by atoms with Crippen LogP contribution in [0.2, 0.25) is 5.02 Å². The molecule has 11 heteroatoms.